The van der Waals surface area contributed by atoms with Gasteiger partial charge in [-0.15, -0.1) is 0 Å². The normalized spacial score (nSPS) is 15.0. The van der Waals surface area contributed by atoms with Crippen molar-refractivity contribution < 1.29 is 8.85 Å². The molecule has 0 saturated heterocycles. The van der Waals surface area contributed by atoms with Gasteiger partial charge in [0.15, 0.2) is 0 Å². The van der Waals surface area contributed by atoms with Crippen LogP contribution in [0.25, 0.3) is 0 Å². The summed E-state index contributed by atoms with van der Waals surface area (Å²) in [5.74, 6) is 0. The van der Waals surface area contributed by atoms with Crippen LogP contribution in [0.4, 0.5) is 0 Å². The molecule has 0 aliphatic heterocycles. The summed E-state index contributed by atoms with van der Waals surface area (Å²) in [5.41, 5.74) is -0.171. The molecule has 0 bridgehead atoms. The topological polar surface area (TPSA) is 30.5 Å². The van der Waals surface area contributed by atoms with Gasteiger partial charge in [-0.05, 0) is 53.9 Å². The monoisotopic (exact) mass is 289 g/mol. The van der Waals surface area contributed by atoms with Crippen molar-refractivity contribution in [1.29, 1.82) is 0 Å². The fourth-order valence-electron chi connectivity index (χ4n) is 1.43. The highest BCUT2D eigenvalue weighted by atomic mass is 28.3. The van der Waals surface area contributed by atoms with Crippen LogP contribution in [-0.4, -0.2) is 32.7 Å². The highest BCUT2D eigenvalue weighted by Crippen LogP contribution is 2.20. The number of rotatable bonds is 10. The zero-order chi connectivity index (χ0) is 15.1. The van der Waals surface area contributed by atoms with Crippen molar-refractivity contribution in [2.24, 2.45) is 0 Å². The molecule has 0 rings (SSSR count). The van der Waals surface area contributed by atoms with Gasteiger partial charge in [0.1, 0.15) is 0 Å². The molecule has 0 fully saturated rings. The predicted molar refractivity (Wildman–Crippen MR) is 85.8 cm³/mol. The summed E-state index contributed by atoms with van der Waals surface area (Å²) >= 11 is 0. The molecule has 19 heavy (non-hydrogen) atoms. The van der Waals surface area contributed by atoms with Gasteiger partial charge in [-0.1, -0.05) is 20.8 Å². The molecule has 0 heterocycles. The summed E-state index contributed by atoms with van der Waals surface area (Å²) in [6.45, 7) is 17.3. The third-order valence-corrected chi connectivity index (χ3v) is 6.22. The summed E-state index contributed by atoms with van der Waals surface area (Å²) < 4.78 is 12.5. The van der Waals surface area contributed by atoms with Crippen molar-refractivity contribution in [2.45, 2.75) is 91.9 Å². The van der Waals surface area contributed by atoms with E-state index >= 15 is 0 Å². The zero-order valence-electron chi connectivity index (χ0n) is 14.3. The minimum Gasteiger partial charge on any atom is -0.391 e. The van der Waals surface area contributed by atoms with Crippen LogP contribution in [0.1, 0.15) is 74.7 Å². The van der Waals surface area contributed by atoms with Crippen LogP contribution in [0.15, 0.2) is 0 Å². The van der Waals surface area contributed by atoms with E-state index in [-0.39, 0.29) is 11.2 Å². The van der Waals surface area contributed by atoms with E-state index in [9.17, 15) is 0 Å². The Balaban J connectivity index is 4.55. The molecule has 116 valence electrons. The summed E-state index contributed by atoms with van der Waals surface area (Å²) in [6, 6.07) is 0.525. The maximum Gasteiger partial charge on any atom is 0.336 e. The molecule has 0 amide bonds. The van der Waals surface area contributed by atoms with Gasteiger partial charge in [-0.3, -0.25) is 0 Å². The number of hydrogen-bond donors (Lipinski definition) is 1. The van der Waals surface area contributed by atoms with E-state index in [0.29, 0.717) is 6.04 Å². The Kier molecular flexibility index (Phi) is 8.44. The average molecular weight is 290 g/mol. The fourth-order valence-corrected chi connectivity index (χ4v) is 3.99. The van der Waals surface area contributed by atoms with Gasteiger partial charge in [0, 0.05) is 12.2 Å². The van der Waals surface area contributed by atoms with Gasteiger partial charge in [-0.25, -0.2) is 0 Å². The zero-order valence-corrected chi connectivity index (χ0v) is 15.5. The van der Waals surface area contributed by atoms with E-state index in [2.05, 4.69) is 60.7 Å². The number of nitrogens with one attached hydrogen (secondary N) is 1. The molecule has 1 atom stereocenters. The molecule has 3 nitrogen and oxygen atoms in total. The Hall–Kier alpha value is 0.0969. The molecule has 0 aliphatic rings. The summed E-state index contributed by atoms with van der Waals surface area (Å²) in [6.07, 6.45) is 4.03. The van der Waals surface area contributed by atoms with Crippen LogP contribution < -0.4 is 5.32 Å². The summed E-state index contributed by atoms with van der Waals surface area (Å²) in [5, 5.41) is 3.54. The molecule has 0 aromatic heterocycles. The quantitative estimate of drug-likeness (QED) is 0.624. The molecule has 0 aliphatic carbocycles. The van der Waals surface area contributed by atoms with E-state index < -0.39 is 9.28 Å². The first-order valence-electron chi connectivity index (χ1n) is 7.74. The van der Waals surface area contributed by atoms with Crippen molar-refractivity contribution in [3.63, 3.8) is 0 Å². The van der Waals surface area contributed by atoms with Gasteiger partial charge in [0.05, 0.1) is 11.2 Å². The molecule has 4 heteroatoms. The van der Waals surface area contributed by atoms with E-state index in [0.717, 1.165) is 25.4 Å². The lowest BCUT2D eigenvalue weighted by atomic mass is 10.1. The van der Waals surface area contributed by atoms with Gasteiger partial charge >= 0.3 is 9.28 Å². The first kappa shape index (κ1) is 19.1. The Morgan fingerprint density at radius 1 is 0.947 bits per heavy atom. The second-order valence-electron chi connectivity index (χ2n) is 6.61. The van der Waals surface area contributed by atoms with Gasteiger partial charge in [-0.2, -0.15) is 0 Å². The van der Waals surface area contributed by atoms with E-state index in [4.69, 9.17) is 8.85 Å². The molecule has 0 saturated carbocycles. The third kappa shape index (κ3) is 8.79. The highest BCUT2D eigenvalue weighted by molar-refractivity contribution is 6.44. The third-order valence-electron chi connectivity index (χ3n) is 3.85. The first-order valence-corrected chi connectivity index (χ1v) is 9.50. The summed E-state index contributed by atoms with van der Waals surface area (Å²) in [4.78, 5) is 0. The maximum atomic E-state index is 6.27. The van der Waals surface area contributed by atoms with Crippen molar-refractivity contribution in [2.75, 3.05) is 6.17 Å². The number of hydrogen-bond acceptors (Lipinski definition) is 3. The second kappa shape index (κ2) is 8.40. The van der Waals surface area contributed by atoms with Crippen LogP contribution in [0.5, 0.6) is 0 Å². The Morgan fingerprint density at radius 3 is 1.68 bits per heavy atom. The maximum absolute atomic E-state index is 6.27. The molecular weight excluding hydrogens is 254 g/mol. The summed E-state index contributed by atoms with van der Waals surface area (Å²) in [7, 11) is -1.70. The smallest absolute Gasteiger partial charge is 0.336 e. The predicted octanol–water partition coefficient (Wildman–Crippen LogP) is 3.54. The lowest BCUT2D eigenvalue weighted by Crippen LogP contribution is -2.48. The lowest BCUT2D eigenvalue weighted by molar-refractivity contribution is 0.0127. The average Bonchev–Trinajstić information content (AvgIpc) is 2.34. The molecular formula is C15H35NO2Si. The molecule has 1 unspecified atom stereocenters. The molecule has 0 spiro atoms. The van der Waals surface area contributed by atoms with Gasteiger partial charge in [0.25, 0.3) is 0 Å². The van der Waals surface area contributed by atoms with Crippen LogP contribution in [0.2, 0.25) is 0 Å². The van der Waals surface area contributed by atoms with Crippen LogP contribution in [-0.2, 0) is 8.85 Å². The van der Waals surface area contributed by atoms with Crippen molar-refractivity contribution in [3.05, 3.63) is 0 Å². The van der Waals surface area contributed by atoms with E-state index in [1.54, 1.807) is 0 Å². The first-order chi connectivity index (χ1) is 8.65. The lowest BCUT2D eigenvalue weighted by Gasteiger charge is -2.35. The van der Waals surface area contributed by atoms with Crippen molar-refractivity contribution in [1.82, 2.24) is 5.32 Å². The molecule has 1 N–H and O–H groups in total. The Morgan fingerprint density at radius 2 is 1.37 bits per heavy atom. The van der Waals surface area contributed by atoms with Crippen LogP contribution in [0, 0.1) is 0 Å². The Bertz CT molecular complexity index is 226. The van der Waals surface area contributed by atoms with Gasteiger partial charge < -0.3 is 14.2 Å². The minimum atomic E-state index is -1.70. The van der Waals surface area contributed by atoms with Crippen molar-refractivity contribution >= 4 is 9.28 Å². The highest BCUT2D eigenvalue weighted by Gasteiger charge is 2.29. The largest absolute Gasteiger partial charge is 0.391 e. The second-order valence-corrected chi connectivity index (χ2v) is 8.35. The standard InChI is InChI=1S/C15H35NO2Si/c1-9-13(4)16-12-19(17-14(5,6)10-2)18-15(7,8)11-3/h13,16,19H,9-12H2,1-8H3. The molecule has 0 aromatic carbocycles. The molecule has 0 aromatic rings. The van der Waals surface area contributed by atoms with E-state index in [1.165, 1.54) is 0 Å². The van der Waals surface area contributed by atoms with E-state index in [1.807, 2.05) is 0 Å². The Labute approximate surface area is 122 Å². The minimum absolute atomic E-state index is 0.0855. The van der Waals surface area contributed by atoms with Crippen LogP contribution >= 0.6 is 0 Å². The molecule has 0 radical (unpaired) electrons. The van der Waals surface area contributed by atoms with Gasteiger partial charge in [0.2, 0.25) is 0 Å². The fraction of sp³-hybridized carbons (Fsp3) is 1.00. The van der Waals surface area contributed by atoms with Crippen molar-refractivity contribution in [3.8, 4) is 0 Å². The SMILES string of the molecule is CCC(C)NC[SiH](OC(C)(C)CC)OC(C)(C)CC. The van der Waals surface area contributed by atoms with Crippen LogP contribution in [0.3, 0.4) is 0 Å².